The van der Waals surface area contributed by atoms with Crippen molar-refractivity contribution >= 4 is 33.2 Å². The number of rotatable bonds is 1. The van der Waals surface area contributed by atoms with Crippen LogP contribution in [0.25, 0.3) is 5.69 Å². The summed E-state index contributed by atoms with van der Waals surface area (Å²) in [4.78, 5) is 20.3. The average molecular weight is 451 g/mol. The van der Waals surface area contributed by atoms with Gasteiger partial charge in [-0.2, -0.15) is 4.98 Å². The molecule has 0 fully saturated rings. The number of nitrogens with zero attached hydrogens (tertiary/aromatic N) is 3. The van der Waals surface area contributed by atoms with Crippen molar-refractivity contribution in [1.82, 2.24) is 9.55 Å². The first kappa shape index (κ1) is 18.0. The Kier molecular flexibility index (Phi) is 4.44. The van der Waals surface area contributed by atoms with Crippen LogP contribution in [-0.4, -0.2) is 15.3 Å². The van der Waals surface area contributed by atoms with Gasteiger partial charge in [0.2, 0.25) is 0 Å². The van der Waals surface area contributed by atoms with E-state index in [2.05, 4.69) is 25.9 Å². The zero-order valence-corrected chi connectivity index (χ0v) is 16.2. The lowest BCUT2D eigenvalue weighted by Crippen LogP contribution is -2.16. The molecule has 1 atom stereocenters. The first-order valence-electron chi connectivity index (χ1n) is 7.99. The van der Waals surface area contributed by atoms with E-state index in [0.717, 1.165) is 12.1 Å². The largest absolute Gasteiger partial charge is 0.302 e. The molecule has 2 heterocycles. The summed E-state index contributed by atoms with van der Waals surface area (Å²) < 4.78 is 31.3. The molecule has 4 nitrogen and oxygen atoms in total. The molecular formula is C19H11BrClF2N3O. The topological polar surface area (TPSA) is 47.2 Å². The number of aromatic nitrogens is 2. The number of benzene rings is 2. The second-order valence-electron chi connectivity index (χ2n) is 6.00. The highest BCUT2D eigenvalue weighted by Gasteiger charge is 2.29. The smallest absolute Gasteiger partial charge is 0.272 e. The third-order valence-corrected chi connectivity index (χ3v) is 5.58. The maximum atomic E-state index is 14.6. The normalized spacial score (nSPS) is 15.6. The maximum absolute atomic E-state index is 14.6. The van der Waals surface area contributed by atoms with E-state index < -0.39 is 23.2 Å². The number of halogens is 4. The second kappa shape index (κ2) is 6.65. The van der Waals surface area contributed by atoms with Gasteiger partial charge in [-0.3, -0.25) is 9.79 Å². The number of hydrogen-bond acceptors (Lipinski definition) is 3. The van der Waals surface area contributed by atoms with E-state index in [4.69, 9.17) is 11.6 Å². The van der Waals surface area contributed by atoms with Crippen LogP contribution in [0.2, 0.25) is 5.02 Å². The van der Waals surface area contributed by atoms with Crippen molar-refractivity contribution in [2.75, 3.05) is 0 Å². The molecule has 0 radical (unpaired) electrons. The van der Waals surface area contributed by atoms with Gasteiger partial charge in [0.05, 0.1) is 22.0 Å². The lowest BCUT2D eigenvalue weighted by atomic mass is 9.99. The van der Waals surface area contributed by atoms with Gasteiger partial charge in [-0.05, 0) is 47.1 Å². The quantitative estimate of drug-likeness (QED) is 0.533. The molecule has 0 unspecified atom stereocenters. The standard InChI is InChI=1S/C19H11BrClF2N3O/c1-9-19-25-14(27)7-8-26(19)13-6-5-10(20)17(21)16(13)18(24-9)15-11(22)3-2-4-12(15)23/h2-9H,1H3/t9-/m0/s1. The minimum atomic E-state index is -0.753. The summed E-state index contributed by atoms with van der Waals surface area (Å²) >= 11 is 9.86. The van der Waals surface area contributed by atoms with Crippen LogP contribution in [-0.2, 0) is 0 Å². The maximum Gasteiger partial charge on any atom is 0.272 e. The van der Waals surface area contributed by atoms with Crippen molar-refractivity contribution in [3.8, 4) is 5.69 Å². The predicted molar refractivity (Wildman–Crippen MR) is 103 cm³/mol. The highest BCUT2D eigenvalue weighted by Crippen LogP contribution is 2.37. The Morgan fingerprint density at radius 3 is 2.52 bits per heavy atom. The van der Waals surface area contributed by atoms with E-state index in [1.165, 1.54) is 12.1 Å². The molecule has 136 valence electrons. The summed E-state index contributed by atoms with van der Waals surface area (Å²) in [5.74, 6) is -1.15. The Hall–Kier alpha value is -2.38. The minimum Gasteiger partial charge on any atom is -0.302 e. The molecule has 1 aliphatic heterocycles. The Morgan fingerprint density at radius 2 is 1.81 bits per heavy atom. The van der Waals surface area contributed by atoms with Gasteiger partial charge in [-0.25, -0.2) is 8.78 Å². The molecule has 3 aromatic rings. The molecule has 0 saturated heterocycles. The van der Waals surface area contributed by atoms with Gasteiger partial charge < -0.3 is 4.57 Å². The van der Waals surface area contributed by atoms with Crippen molar-refractivity contribution in [3.05, 3.63) is 91.0 Å². The van der Waals surface area contributed by atoms with Gasteiger partial charge in [0.1, 0.15) is 23.5 Å². The number of aliphatic imine (C=N–C) groups is 1. The highest BCUT2D eigenvalue weighted by molar-refractivity contribution is 9.10. The number of hydrogen-bond donors (Lipinski definition) is 0. The van der Waals surface area contributed by atoms with Gasteiger partial charge in [-0.1, -0.05) is 17.7 Å². The van der Waals surface area contributed by atoms with Crippen molar-refractivity contribution in [2.45, 2.75) is 13.0 Å². The second-order valence-corrected chi connectivity index (χ2v) is 7.23. The SMILES string of the molecule is C[C@@H]1N=C(c2c(F)cccc2F)c2c(ccc(Br)c2Cl)-n2ccc(=O)nc21. The van der Waals surface area contributed by atoms with Crippen LogP contribution in [0.15, 0.2) is 56.9 Å². The van der Waals surface area contributed by atoms with E-state index in [9.17, 15) is 13.6 Å². The summed E-state index contributed by atoms with van der Waals surface area (Å²) in [6, 6.07) is 7.74. The van der Waals surface area contributed by atoms with E-state index in [0.29, 0.717) is 21.5 Å². The molecule has 27 heavy (non-hydrogen) atoms. The van der Waals surface area contributed by atoms with Crippen LogP contribution in [0.4, 0.5) is 8.78 Å². The van der Waals surface area contributed by atoms with Crippen LogP contribution >= 0.6 is 27.5 Å². The van der Waals surface area contributed by atoms with Crippen molar-refractivity contribution in [1.29, 1.82) is 0 Å². The van der Waals surface area contributed by atoms with Gasteiger partial charge in [0, 0.05) is 22.3 Å². The van der Waals surface area contributed by atoms with Crippen LogP contribution in [0.5, 0.6) is 0 Å². The molecule has 1 aromatic heterocycles. The Labute approximate surface area is 166 Å². The van der Waals surface area contributed by atoms with E-state index >= 15 is 0 Å². The van der Waals surface area contributed by atoms with E-state index in [1.54, 1.807) is 29.8 Å². The van der Waals surface area contributed by atoms with Crippen molar-refractivity contribution < 1.29 is 8.78 Å². The molecule has 8 heteroatoms. The van der Waals surface area contributed by atoms with Crippen LogP contribution in [0.1, 0.15) is 29.9 Å². The molecular weight excluding hydrogens is 440 g/mol. The predicted octanol–water partition coefficient (Wildman–Crippen LogP) is 4.84. The fourth-order valence-corrected chi connectivity index (χ4v) is 3.69. The lowest BCUT2D eigenvalue weighted by molar-refractivity contribution is 0.578. The third-order valence-electron chi connectivity index (χ3n) is 4.30. The molecule has 1 aliphatic rings. The molecule has 0 N–H and O–H groups in total. The zero-order chi connectivity index (χ0) is 19.3. The first-order valence-corrected chi connectivity index (χ1v) is 9.16. The summed E-state index contributed by atoms with van der Waals surface area (Å²) in [5.41, 5.74) is 0.245. The lowest BCUT2D eigenvalue weighted by Gasteiger charge is -2.16. The molecule has 0 bridgehead atoms. The van der Waals surface area contributed by atoms with Gasteiger partial charge in [-0.15, -0.1) is 0 Å². The fourth-order valence-electron chi connectivity index (χ4n) is 3.11. The van der Waals surface area contributed by atoms with E-state index in [-0.39, 0.29) is 16.3 Å². The van der Waals surface area contributed by atoms with Crippen molar-refractivity contribution in [2.24, 2.45) is 4.99 Å². The summed E-state index contributed by atoms with van der Waals surface area (Å²) in [7, 11) is 0. The van der Waals surface area contributed by atoms with Crippen molar-refractivity contribution in [3.63, 3.8) is 0 Å². The Balaban J connectivity index is 2.15. The summed E-state index contributed by atoms with van der Waals surface area (Å²) in [6.07, 6.45) is 1.56. The number of fused-ring (bicyclic) bond motifs is 3. The zero-order valence-electron chi connectivity index (χ0n) is 13.9. The minimum absolute atomic E-state index is 0.0670. The first-order chi connectivity index (χ1) is 12.9. The molecule has 0 aliphatic carbocycles. The molecule has 0 spiro atoms. The Morgan fingerprint density at radius 1 is 1.11 bits per heavy atom. The monoisotopic (exact) mass is 449 g/mol. The van der Waals surface area contributed by atoms with Crippen LogP contribution in [0.3, 0.4) is 0 Å². The summed E-state index contributed by atoms with van der Waals surface area (Å²) in [6.45, 7) is 1.70. The van der Waals surface area contributed by atoms with Gasteiger partial charge >= 0.3 is 0 Å². The molecule has 2 aromatic carbocycles. The third kappa shape index (κ3) is 2.91. The van der Waals surface area contributed by atoms with Crippen LogP contribution in [0, 0.1) is 11.6 Å². The highest BCUT2D eigenvalue weighted by atomic mass is 79.9. The molecule has 4 rings (SSSR count). The van der Waals surface area contributed by atoms with Gasteiger partial charge in [0.25, 0.3) is 5.56 Å². The Bertz CT molecular complexity index is 1160. The fraction of sp³-hybridized carbons (Fsp3) is 0.105. The molecule has 0 amide bonds. The average Bonchev–Trinajstić information content (AvgIpc) is 2.74. The van der Waals surface area contributed by atoms with Gasteiger partial charge in [0.15, 0.2) is 0 Å². The van der Waals surface area contributed by atoms with E-state index in [1.807, 2.05) is 0 Å². The summed E-state index contributed by atoms with van der Waals surface area (Å²) in [5, 5.41) is 0.257. The van der Waals surface area contributed by atoms with Crippen LogP contribution < -0.4 is 5.56 Å². The molecule has 0 saturated carbocycles.